The van der Waals surface area contributed by atoms with Gasteiger partial charge in [0.25, 0.3) is 0 Å². The molecule has 0 saturated carbocycles. The summed E-state index contributed by atoms with van der Waals surface area (Å²) in [5.41, 5.74) is 12.1. The van der Waals surface area contributed by atoms with Gasteiger partial charge in [-0.25, -0.2) is 0 Å². The molecule has 7 aromatic rings. The molecule has 0 atom stereocenters. The standard InChI is InChI=1S/C42H31N/c1-43(40-24-14-13-22-35(40)30-15-5-2-6-16-30)34-26-28-37-38-27-25-31-17-11-12-23-36(31)41(38)42(39(37)29-34,32-18-7-3-8-19-32)33-20-9-4-10-21-33/h2-29H,1H3. The van der Waals surface area contributed by atoms with Crippen molar-refractivity contribution >= 4 is 22.1 Å². The molecule has 0 N–H and O–H groups in total. The molecule has 0 fully saturated rings. The summed E-state index contributed by atoms with van der Waals surface area (Å²) >= 11 is 0. The third-order valence-corrected chi connectivity index (χ3v) is 9.15. The highest BCUT2D eigenvalue weighted by Gasteiger charge is 2.47. The van der Waals surface area contributed by atoms with Crippen LogP contribution in [0.3, 0.4) is 0 Å². The zero-order valence-electron chi connectivity index (χ0n) is 24.1. The van der Waals surface area contributed by atoms with Crippen molar-refractivity contribution in [2.75, 3.05) is 11.9 Å². The lowest BCUT2D eigenvalue weighted by Crippen LogP contribution is -2.29. The van der Waals surface area contributed by atoms with Gasteiger partial charge in [0.1, 0.15) is 0 Å². The van der Waals surface area contributed by atoms with Gasteiger partial charge in [0.15, 0.2) is 0 Å². The first kappa shape index (κ1) is 25.3. The molecule has 0 unspecified atom stereocenters. The van der Waals surface area contributed by atoms with Crippen LogP contribution in [0.15, 0.2) is 170 Å². The fourth-order valence-corrected chi connectivity index (χ4v) is 7.23. The lowest BCUT2D eigenvalue weighted by atomic mass is 9.66. The second kappa shape index (κ2) is 10.2. The largest absolute Gasteiger partial charge is 0.344 e. The number of benzene rings is 7. The minimum atomic E-state index is -0.468. The highest BCUT2D eigenvalue weighted by atomic mass is 15.1. The van der Waals surface area contributed by atoms with Crippen molar-refractivity contribution in [2.45, 2.75) is 5.41 Å². The van der Waals surface area contributed by atoms with Crippen molar-refractivity contribution < 1.29 is 0 Å². The average molecular weight is 550 g/mol. The minimum Gasteiger partial charge on any atom is -0.344 e. The Morgan fingerprint density at radius 3 is 1.77 bits per heavy atom. The zero-order chi connectivity index (χ0) is 28.8. The monoisotopic (exact) mass is 549 g/mol. The number of hydrogen-bond acceptors (Lipinski definition) is 1. The third-order valence-electron chi connectivity index (χ3n) is 9.15. The number of nitrogens with zero attached hydrogens (tertiary/aromatic N) is 1. The van der Waals surface area contributed by atoms with Gasteiger partial charge in [0.2, 0.25) is 0 Å². The predicted octanol–water partition coefficient (Wildman–Crippen LogP) is 10.6. The average Bonchev–Trinajstić information content (AvgIpc) is 3.40. The summed E-state index contributed by atoms with van der Waals surface area (Å²) in [6.45, 7) is 0. The summed E-state index contributed by atoms with van der Waals surface area (Å²) in [6.07, 6.45) is 0. The van der Waals surface area contributed by atoms with Gasteiger partial charge in [-0.3, -0.25) is 0 Å². The molecule has 0 aliphatic heterocycles. The van der Waals surface area contributed by atoms with Gasteiger partial charge in [0.05, 0.1) is 5.41 Å². The zero-order valence-corrected chi connectivity index (χ0v) is 24.1. The molecule has 7 aromatic carbocycles. The summed E-state index contributed by atoms with van der Waals surface area (Å²) in [6, 6.07) is 62.0. The summed E-state index contributed by atoms with van der Waals surface area (Å²) in [5, 5.41) is 2.56. The highest BCUT2D eigenvalue weighted by Crippen LogP contribution is 2.58. The first-order chi connectivity index (χ1) is 21.3. The Kier molecular flexibility index (Phi) is 5.98. The fourth-order valence-electron chi connectivity index (χ4n) is 7.23. The van der Waals surface area contributed by atoms with E-state index in [1.54, 1.807) is 0 Å². The molecular weight excluding hydrogens is 518 g/mol. The lowest BCUT2D eigenvalue weighted by molar-refractivity contribution is 0.775. The molecule has 43 heavy (non-hydrogen) atoms. The number of rotatable bonds is 5. The normalized spacial score (nSPS) is 13.0. The SMILES string of the molecule is CN(c1ccc2c(c1)C(c1ccccc1)(c1ccccc1)c1c-2ccc2ccccc12)c1ccccc1-c1ccccc1. The maximum Gasteiger partial charge on any atom is 0.0720 e. The van der Waals surface area contributed by atoms with Gasteiger partial charge < -0.3 is 4.90 Å². The first-order valence-corrected chi connectivity index (χ1v) is 14.9. The Morgan fingerprint density at radius 1 is 0.465 bits per heavy atom. The van der Waals surface area contributed by atoms with Crippen LogP contribution >= 0.6 is 0 Å². The number of hydrogen-bond donors (Lipinski definition) is 0. The fraction of sp³-hybridized carbons (Fsp3) is 0.0476. The van der Waals surface area contributed by atoms with E-state index >= 15 is 0 Å². The third kappa shape index (κ3) is 3.86. The van der Waals surface area contributed by atoms with Crippen molar-refractivity contribution in [3.8, 4) is 22.3 Å². The summed E-state index contributed by atoms with van der Waals surface area (Å²) < 4.78 is 0. The van der Waals surface area contributed by atoms with Gasteiger partial charge in [-0.05, 0) is 67.9 Å². The van der Waals surface area contributed by atoms with Crippen LogP contribution in [0, 0.1) is 0 Å². The van der Waals surface area contributed by atoms with E-state index < -0.39 is 5.41 Å². The summed E-state index contributed by atoms with van der Waals surface area (Å²) in [4.78, 5) is 2.34. The molecule has 1 aliphatic carbocycles. The molecule has 1 nitrogen and oxygen atoms in total. The van der Waals surface area contributed by atoms with E-state index in [1.807, 2.05) is 0 Å². The molecule has 1 heteroatoms. The van der Waals surface area contributed by atoms with Crippen LogP contribution in [0.1, 0.15) is 22.3 Å². The summed E-state index contributed by atoms with van der Waals surface area (Å²) in [7, 11) is 2.19. The van der Waals surface area contributed by atoms with E-state index in [0.29, 0.717) is 0 Å². The molecule has 1 aliphatic rings. The van der Waals surface area contributed by atoms with E-state index in [0.717, 1.165) is 5.69 Å². The van der Waals surface area contributed by atoms with Crippen LogP contribution in [0.5, 0.6) is 0 Å². The van der Waals surface area contributed by atoms with Gasteiger partial charge in [-0.2, -0.15) is 0 Å². The van der Waals surface area contributed by atoms with E-state index in [-0.39, 0.29) is 0 Å². The molecule has 0 radical (unpaired) electrons. The van der Waals surface area contributed by atoms with Crippen molar-refractivity contribution in [3.63, 3.8) is 0 Å². The summed E-state index contributed by atoms with van der Waals surface area (Å²) in [5.74, 6) is 0. The van der Waals surface area contributed by atoms with E-state index in [9.17, 15) is 0 Å². The molecule has 0 heterocycles. The van der Waals surface area contributed by atoms with Crippen LogP contribution in [-0.4, -0.2) is 7.05 Å². The van der Waals surface area contributed by atoms with Gasteiger partial charge in [-0.15, -0.1) is 0 Å². The maximum absolute atomic E-state index is 2.44. The maximum atomic E-state index is 2.44. The Bertz CT molecular complexity index is 2040. The van der Waals surface area contributed by atoms with Crippen LogP contribution in [-0.2, 0) is 5.41 Å². The molecule has 8 rings (SSSR count). The number of para-hydroxylation sites is 1. The molecule has 0 bridgehead atoms. The van der Waals surface area contributed by atoms with Crippen LogP contribution in [0.2, 0.25) is 0 Å². The molecular formula is C42H31N. The number of anilines is 2. The minimum absolute atomic E-state index is 0.468. The van der Waals surface area contributed by atoms with Crippen molar-refractivity contribution in [1.82, 2.24) is 0 Å². The topological polar surface area (TPSA) is 3.24 Å². The molecule has 0 amide bonds. The highest BCUT2D eigenvalue weighted by molar-refractivity contribution is 6.00. The lowest BCUT2D eigenvalue weighted by Gasteiger charge is -2.35. The van der Waals surface area contributed by atoms with Crippen molar-refractivity contribution in [1.29, 1.82) is 0 Å². The van der Waals surface area contributed by atoms with Crippen LogP contribution < -0.4 is 4.90 Å². The van der Waals surface area contributed by atoms with Gasteiger partial charge >= 0.3 is 0 Å². The van der Waals surface area contributed by atoms with Gasteiger partial charge in [0, 0.05) is 24.0 Å². The number of fused-ring (bicyclic) bond motifs is 5. The Labute approximate surface area is 253 Å². The van der Waals surface area contributed by atoms with E-state index in [2.05, 4.69) is 182 Å². The predicted molar refractivity (Wildman–Crippen MR) is 181 cm³/mol. The molecule has 0 spiro atoms. The Hall–Kier alpha value is -5.40. The van der Waals surface area contributed by atoms with Crippen LogP contribution in [0.4, 0.5) is 11.4 Å². The van der Waals surface area contributed by atoms with Crippen molar-refractivity contribution in [3.05, 3.63) is 192 Å². The first-order valence-electron chi connectivity index (χ1n) is 14.9. The molecule has 0 saturated heterocycles. The smallest absolute Gasteiger partial charge is 0.0720 e. The van der Waals surface area contributed by atoms with Gasteiger partial charge in [-0.1, -0.05) is 152 Å². The van der Waals surface area contributed by atoms with Crippen molar-refractivity contribution in [2.24, 2.45) is 0 Å². The second-order valence-electron chi connectivity index (χ2n) is 11.4. The van der Waals surface area contributed by atoms with E-state index in [1.165, 1.54) is 61.0 Å². The molecule has 0 aromatic heterocycles. The Balaban J connectivity index is 1.42. The van der Waals surface area contributed by atoms with Crippen LogP contribution in [0.25, 0.3) is 33.0 Å². The molecule has 204 valence electrons. The quantitative estimate of drug-likeness (QED) is 0.206. The Morgan fingerprint density at radius 2 is 1.05 bits per heavy atom. The van der Waals surface area contributed by atoms with E-state index in [4.69, 9.17) is 0 Å². The second-order valence-corrected chi connectivity index (χ2v) is 11.4.